The van der Waals surface area contributed by atoms with Gasteiger partial charge in [0, 0.05) is 17.0 Å². The van der Waals surface area contributed by atoms with Crippen molar-refractivity contribution in [3.05, 3.63) is 34.4 Å². The van der Waals surface area contributed by atoms with Crippen LogP contribution in [0.1, 0.15) is 0 Å². The Bertz CT molecular complexity index is 386. The molecular formula is C6H6NO5PS. The van der Waals surface area contributed by atoms with Gasteiger partial charge in [-0.2, -0.15) is 0 Å². The maximum atomic E-state index is 10.5. The highest BCUT2D eigenvalue weighted by Gasteiger charge is 2.15. The summed E-state index contributed by atoms with van der Waals surface area (Å²) in [6.45, 7) is -4.18. The lowest BCUT2D eigenvalue weighted by molar-refractivity contribution is -0.384. The van der Waals surface area contributed by atoms with Gasteiger partial charge in [0.25, 0.3) is 5.69 Å². The van der Waals surface area contributed by atoms with Crippen molar-refractivity contribution in [1.29, 1.82) is 0 Å². The molecule has 0 atom stereocenters. The van der Waals surface area contributed by atoms with Gasteiger partial charge in [0.2, 0.25) is 0 Å². The van der Waals surface area contributed by atoms with E-state index in [-0.39, 0.29) is 5.69 Å². The van der Waals surface area contributed by atoms with Crippen molar-refractivity contribution in [2.45, 2.75) is 4.90 Å². The van der Waals surface area contributed by atoms with Crippen LogP contribution in [0.2, 0.25) is 0 Å². The van der Waals surface area contributed by atoms with E-state index in [1.54, 1.807) is 0 Å². The molecule has 0 saturated heterocycles. The Kier molecular flexibility index (Phi) is 3.28. The zero-order valence-electron chi connectivity index (χ0n) is 6.73. The van der Waals surface area contributed by atoms with Gasteiger partial charge in [-0.3, -0.25) is 10.1 Å². The van der Waals surface area contributed by atoms with Gasteiger partial charge in [-0.15, -0.1) is 0 Å². The van der Waals surface area contributed by atoms with E-state index in [4.69, 9.17) is 9.79 Å². The second-order valence-electron chi connectivity index (χ2n) is 2.33. The maximum Gasteiger partial charge on any atom is 0.388 e. The Labute approximate surface area is 83.0 Å². The molecule has 0 aromatic heterocycles. The predicted molar refractivity (Wildman–Crippen MR) is 51.0 cm³/mol. The van der Waals surface area contributed by atoms with Crippen LogP contribution in [-0.4, -0.2) is 14.7 Å². The lowest BCUT2D eigenvalue weighted by Gasteiger charge is -2.01. The molecule has 8 heteroatoms. The van der Waals surface area contributed by atoms with E-state index in [1.807, 2.05) is 0 Å². The van der Waals surface area contributed by atoms with Crippen LogP contribution in [0.25, 0.3) is 0 Å². The van der Waals surface area contributed by atoms with Crippen molar-refractivity contribution in [2.75, 3.05) is 0 Å². The molecular weight excluding hydrogens is 229 g/mol. The predicted octanol–water partition coefficient (Wildman–Crippen LogP) is 1.78. The summed E-state index contributed by atoms with van der Waals surface area (Å²) in [5, 5.41) is 10.2. The van der Waals surface area contributed by atoms with E-state index in [9.17, 15) is 14.7 Å². The molecule has 0 spiro atoms. The molecule has 2 N–H and O–H groups in total. The largest absolute Gasteiger partial charge is 0.388 e. The molecule has 1 aromatic carbocycles. The monoisotopic (exact) mass is 235 g/mol. The number of benzene rings is 1. The van der Waals surface area contributed by atoms with Crippen LogP contribution in [0.4, 0.5) is 5.69 Å². The van der Waals surface area contributed by atoms with Gasteiger partial charge >= 0.3 is 6.80 Å². The third kappa shape index (κ3) is 3.47. The van der Waals surface area contributed by atoms with Crippen LogP contribution in [0, 0.1) is 10.1 Å². The van der Waals surface area contributed by atoms with Crippen molar-refractivity contribution in [1.82, 2.24) is 0 Å². The molecule has 0 amide bonds. The van der Waals surface area contributed by atoms with Gasteiger partial charge in [0.05, 0.1) is 4.92 Å². The summed E-state index contributed by atoms with van der Waals surface area (Å²) in [5.41, 5.74) is -0.111. The molecule has 14 heavy (non-hydrogen) atoms. The van der Waals surface area contributed by atoms with Crippen molar-refractivity contribution in [2.24, 2.45) is 0 Å². The topological polar surface area (TPSA) is 101 Å². The molecule has 1 rings (SSSR count). The Balaban J connectivity index is 2.84. The van der Waals surface area contributed by atoms with E-state index < -0.39 is 11.7 Å². The van der Waals surface area contributed by atoms with Crippen LogP contribution in [0.5, 0.6) is 0 Å². The Morgan fingerprint density at radius 2 is 1.79 bits per heavy atom. The Hall–Kier alpha value is -0.880. The Morgan fingerprint density at radius 3 is 2.14 bits per heavy atom. The number of nitrogens with zero attached hydrogens (tertiary/aromatic N) is 1. The highest BCUT2D eigenvalue weighted by Crippen LogP contribution is 2.54. The summed E-state index contributed by atoms with van der Waals surface area (Å²) >= 11 is 0.365. The minimum absolute atomic E-state index is 0.111. The summed E-state index contributed by atoms with van der Waals surface area (Å²) in [7, 11) is 0. The standard InChI is InChI=1S/C6H6NO5PS/c8-7(9)5-1-3-6(4-2-5)14-13(10,11)12/h1-4H,(H2,10,11,12). The zero-order chi connectivity index (χ0) is 10.8. The molecule has 0 saturated carbocycles. The quantitative estimate of drug-likeness (QED) is 0.470. The summed E-state index contributed by atoms with van der Waals surface area (Å²) in [4.78, 5) is 27.1. The third-order valence-corrected chi connectivity index (χ3v) is 3.34. The van der Waals surface area contributed by atoms with E-state index in [0.29, 0.717) is 16.3 Å². The number of hydrogen-bond acceptors (Lipinski definition) is 4. The fraction of sp³-hybridized carbons (Fsp3) is 0. The number of hydrogen-bond donors (Lipinski definition) is 2. The minimum Gasteiger partial charge on any atom is -0.316 e. The lowest BCUT2D eigenvalue weighted by Crippen LogP contribution is -1.86. The van der Waals surface area contributed by atoms with Gasteiger partial charge < -0.3 is 9.79 Å². The molecule has 0 heterocycles. The second-order valence-corrected chi connectivity index (χ2v) is 5.94. The van der Waals surface area contributed by atoms with Crippen molar-refractivity contribution < 1.29 is 19.3 Å². The lowest BCUT2D eigenvalue weighted by atomic mass is 10.3. The molecule has 1 aromatic rings. The van der Waals surface area contributed by atoms with Crippen molar-refractivity contribution >= 4 is 23.9 Å². The number of nitro groups is 1. The average molecular weight is 235 g/mol. The van der Waals surface area contributed by atoms with Gasteiger partial charge in [0.1, 0.15) is 0 Å². The van der Waals surface area contributed by atoms with Crippen molar-refractivity contribution in [3.63, 3.8) is 0 Å². The minimum atomic E-state index is -4.18. The summed E-state index contributed by atoms with van der Waals surface area (Å²) in [5.74, 6) is 0. The molecule has 0 bridgehead atoms. The molecule has 0 unspecified atom stereocenters. The summed E-state index contributed by atoms with van der Waals surface area (Å²) < 4.78 is 10.5. The second kappa shape index (κ2) is 4.10. The SMILES string of the molecule is O=[N+]([O-])c1ccc(SP(=O)(O)O)cc1. The van der Waals surface area contributed by atoms with E-state index in [2.05, 4.69) is 0 Å². The van der Waals surface area contributed by atoms with Crippen LogP contribution in [0.3, 0.4) is 0 Å². The van der Waals surface area contributed by atoms with Gasteiger partial charge in [-0.1, -0.05) is 0 Å². The summed E-state index contributed by atoms with van der Waals surface area (Å²) in [6, 6.07) is 4.97. The van der Waals surface area contributed by atoms with Gasteiger partial charge in [-0.25, -0.2) is 4.57 Å². The maximum absolute atomic E-state index is 10.5. The van der Waals surface area contributed by atoms with Crippen molar-refractivity contribution in [3.8, 4) is 0 Å². The van der Waals surface area contributed by atoms with E-state index in [1.165, 1.54) is 24.3 Å². The van der Waals surface area contributed by atoms with E-state index >= 15 is 0 Å². The third-order valence-electron chi connectivity index (χ3n) is 1.27. The van der Waals surface area contributed by atoms with Gasteiger partial charge in [0.15, 0.2) is 0 Å². The first kappa shape index (κ1) is 11.2. The van der Waals surface area contributed by atoms with Crippen LogP contribution >= 0.6 is 18.2 Å². The molecule has 0 aliphatic carbocycles. The first-order chi connectivity index (χ1) is 6.38. The number of nitro benzene ring substituents is 1. The summed E-state index contributed by atoms with van der Waals surface area (Å²) in [6.07, 6.45) is 0. The highest BCUT2D eigenvalue weighted by atomic mass is 32.7. The molecule has 76 valence electrons. The average Bonchev–Trinajstić information content (AvgIpc) is 2.02. The fourth-order valence-corrected chi connectivity index (χ4v) is 2.49. The number of non-ortho nitro benzene ring substituents is 1. The normalized spacial score (nSPS) is 11.3. The fourth-order valence-electron chi connectivity index (χ4n) is 0.766. The van der Waals surface area contributed by atoms with Crippen LogP contribution < -0.4 is 0 Å². The van der Waals surface area contributed by atoms with Gasteiger partial charge in [-0.05, 0) is 23.5 Å². The highest BCUT2D eigenvalue weighted by molar-refractivity contribution is 8.54. The van der Waals surface area contributed by atoms with Crippen LogP contribution in [-0.2, 0) is 4.57 Å². The first-order valence-corrected chi connectivity index (χ1v) is 6.41. The molecule has 6 nitrogen and oxygen atoms in total. The number of rotatable bonds is 3. The molecule has 0 aliphatic rings. The van der Waals surface area contributed by atoms with E-state index in [0.717, 1.165) is 0 Å². The zero-order valence-corrected chi connectivity index (χ0v) is 8.44. The molecule has 0 aliphatic heterocycles. The smallest absolute Gasteiger partial charge is 0.316 e. The van der Waals surface area contributed by atoms with Crippen LogP contribution in [0.15, 0.2) is 29.2 Å². The molecule has 0 radical (unpaired) electrons. The molecule has 0 fully saturated rings. The first-order valence-electron chi connectivity index (χ1n) is 3.38. The Morgan fingerprint density at radius 1 is 1.29 bits per heavy atom.